The number of fused-ring (bicyclic) bond motifs is 3. The Morgan fingerprint density at radius 1 is 1.24 bits per heavy atom. The molecule has 5 rings (SSSR count). The van der Waals surface area contributed by atoms with Crippen molar-refractivity contribution in [3.05, 3.63) is 29.8 Å². The number of esters is 2. The monoisotopic (exact) mass is 589 g/mol. The van der Waals surface area contributed by atoms with Gasteiger partial charge in [-0.1, -0.05) is 46.9 Å². The van der Waals surface area contributed by atoms with Crippen LogP contribution in [-0.2, 0) is 23.9 Å². The Kier molecular flexibility index (Phi) is 6.78. The molecule has 4 aliphatic rings. The maximum absolute atomic E-state index is 13.0. The number of ether oxygens (including phenoxy) is 2. The summed E-state index contributed by atoms with van der Waals surface area (Å²) >= 11 is 18.5. The molecule has 13 heteroatoms. The second-order valence-electron chi connectivity index (χ2n) is 10.1. The van der Waals surface area contributed by atoms with E-state index in [-0.39, 0.29) is 18.6 Å². The molecular formula is C24H26Cl3N3O6S. The first-order chi connectivity index (χ1) is 17.4. The predicted molar refractivity (Wildman–Crippen MR) is 140 cm³/mol. The van der Waals surface area contributed by atoms with Crippen LogP contribution in [0, 0.1) is 5.92 Å². The minimum absolute atomic E-state index is 0.155. The number of amides is 2. The van der Waals surface area contributed by atoms with Crippen LogP contribution >= 0.6 is 46.6 Å². The molecule has 4 unspecified atom stereocenters. The summed E-state index contributed by atoms with van der Waals surface area (Å²) in [5.41, 5.74) is -0.318. The zero-order valence-electron chi connectivity index (χ0n) is 20.1. The minimum Gasteiger partial charge on any atom is -0.459 e. The lowest BCUT2D eigenvalue weighted by Gasteiger charge is -2.46. The smallest absolute Gasteiger partial charge is 0.340 e. The molecule has 0 aromatic heterocycles. The minimum atomic E-state index is -1.75. The number of rotatable bonds is 9. The molecule has 5 atom stereocenters. The molecule has 1 aromatic rings. The van der Waals surface area contributed by atoms with Gasteiger partial charge in [0.25, 0.3) is 0 Å². The SMILES string of the molecule is CC(OC(=O)c1ccccc1NCC(=O)NC1C(=O)N2[C@@H]1SC1(C)CC21C(=O)OCC(Cl)(Cl)Cl)C1CC1. The van der Waals surface area contributed by atoms with E-state index in [0.29, 0.717) is 23.6 Å². The number of β-lactam (4-membered cyclic amide) rings is 1. The highest BCUT2D eigenvalue weighted by Gasteiger charge is 2.85. The molecule has 4 fully saturated rings. The van der Waals surface area contributed by atoms with E-state index in [0.717, 1.165) is 12.8 Å². The first-order valence-electron chi connectivity index (χ1n) is 11.9. The maximum atomic E-state index is 13.0. The Labute approximate surface area is 233 Å². The van der Waals surface area contributed by atoms with E-state index in [1.807, 2.05) is 13.8 Å². The van der Waals surface area contributed by atoms with E-state index in [4.69, 9.17) is 44.3 Å². The number of benzene rings is 1. The standard InChI is InChI=1S/C24H26Cl3N3O6S/c1-12(13-7-8-13)36-20(33)14-5-3-4-6-15(14)28-9-16(31)29-17-18(32)30-19(17)37-22(2)10-23(22,30)21(34)35-11-24(25,26)27/h3-6,12-13,17,19,28H,7-11H2,1-2H3,(H,29,31)/t12?,17?,19-,22?,23?/m1/s1. The van der Waals surface area contributed by atoms with E-state index >= 15 is 0 Å². The summed E-state index contributed by atoms with van der Waals surface area (Å²) in [6.07, 6.45) is 2.39. The van der Waals surface area contributed by atoms with Crippen molar-refractivity contribution in [1.29, 1.82) is 0 Å². The fraction of sp³-hybridized carbons (Fsp3) is 0.583. The first-order valence-corrected chi connectivity index (χ1v) is 14.0. The van der Waals surface area contributed by atoms with Gasteiger partial charge in [0.2, 0.25) is 15.6 Å². The van der Waals surface area contributed by atoms with Gasteiger partial charge in [-0.3, -0.25) is 9.59 Å². The molecule has 0 spiro atoms. The van der Waals surface area contributed by atoms with Crippen LogP contribution < -0.4 is 10.6 Å². The Morgan fingerprint density at radius 2 is 1.95 bits per heavy atom. The molecule has 37 heavy (non-hydrogen) atoms. The van der Waals surface area contributed by atoms with Gasteiger partial charge < -0.3 is 25.0 Å². The van der Waals surface area contributed by atoms with Crippen molar-refractivity contribution in [2.24, 2.45) is 5.92 Å². The number of halogens is 3. The number of carbonyl (C=O) groups is 4. The molecule has 0 radical (unpaired) electrons. The molecule has 2 heterocycles. The van der Waals surface area contributed by atoms with Crippen molar-refractivity contribution in [1.82, 2.24) is 10.2 Å². The number of carbonyl (C=O) groups excluding carboxylic acids is 4. The van der Waals surface area contributed by atoms with Crippen LogP contribution in [0.4, 0.5) is 5.69 Å². The second kappa shape index (κ2) is 9.39. The highest BCUT2D eigenvalue weighted by atomic mass is 35.6. The van der Waals surface area contributed by atoms with Gasteiger partial charge in [-0.25, -0.2) is 9.59 Å². The topological polar surface area (TPSA) is 114 Å². The normalized spacial score (nSPS) is 30.4. The molecule has 2 saturated heterocycles. The molecule has 0 bridgehead atoms. The summed E-state index contributed by atoms with van der Waals surface area (Å²) in [5, 5.41) is 5.30. The van der Waals surface area contributed by atoms with E-state index < -0.39 is 49.9 Å². The Balaban J connectivity index is 1.16. The zero-order chi connectivity index (χ0) is 26.8. The average molecular weight is 591 g/mol. The number of anilines is 1. The Morgan fingerprint density at radius 3 is 2.62 bits per heavy atom. The number of thioether (sulfide) groups is 1. The second-order valence-corrected chi connectivity index (χ2v) is 14.2. The Bertz CT molecular complexity index is 1160. The molecule has 1 aromatic carbocycles. The van der Waals surface area contributed by atoms with Gasteiger partial charge in [0.15, 0.2) is 5.54 Å². The van der Waals surface area contributed by atoms with Crippen molar-refractivity contribution in [3.63, 3.8) is 0 Å². The number of nitrogens with one attached hydrogen (secondary N) is 2. The summed E-state index contributed by atoms with van der Waals surface area (Å²) in [6, 6.07) is 6.02. The lowest BCUT2D eigenvalue weighted by atomic mass is 10.0. The lowest BCUT2D eigenvalue weighted by Crippen LogP contribution is -2.72. The van der Waals surface area contributed by atoms with Crippen molar-refractivity contribution in [3.8, 4) is 0 Å². The Hall–Kier alpha value is -1.88. The van der Waals surface area contributed by atoms with E-state index in [1.54, 1.807) is 24.3 Å². The van der Waals surface area contributed by atoms with Crippen LogP contribution in [0.5, 0.6) is 0 Å². The molecule has 2 aliphatic carbocycles. The highest BCUT2D eigenvalue weighted by molar-refractivity contribution is 8.02. The number of hydrogen-bond acceptors (Lipinski definition) is 8. The van der Waals surface area contributed by atoms with Gasteiger partial charge >= 0.3 is 11.9 Å². The molecule has 2 saturated carbocycles. The van der Waals surface area contributed by atoms with Gasteiger partial charge in [0, 0.05) is 12.1 Å². The van der Waals surface area contributed by atoms with E-state index in [2.05, 4.69) is 10.6 Å². The summed E-state index contributed by atoms with van der Waals surface area (Å²) < 4.78 is 8.47. The molecule has 200 valence electrons. The van der Waals surface area contributed by atoms with Crippen molar-refractivity contribution >= 4 is 76.0 Å². The predicted octanol–water partition coefficient (Wildman–Crippen LogP) is 3.27. The third-order valence-electron chi connectivity index (χ3n) is 7.36. The van der Waals surface area contributed by atoms with Gasteiger partial charge in [0.05, 0.1) is 16.9 Å². The summed E-state index contributed by atoms with van der Waals surface area (Å²) in [5.74, 6) is -1.44. The fourth-order valence-electron chi connectivity index (χ4n) is 5.08. The third-order valence-corrected chi connectivity index (χ3v) is 9.42. The molecule has 2 aliphatic heterocycles. The van der Waals surface area contributed by atoms with Crippen LogP contribution in [-0.4, -0.2) is 73.4 Å². The van der Waals surface area contributed by atoms with Gasteiger partial charge in [-0.05, 0) is 44.7 Å². The number of hydrogen-bond donors (Lipinski definition) is 2. The van der Waals surface area contributed by atoms with E-state index in [9.17, 15) is 19.2 Å². The van der Waals surface area contributed by atoms with Crippen LogP contribution in [0.15, 0.2) is 24.3 Å². The zero-order valence-corrected chi connectivity index (χ0v) is 23.2. The summed E-state index contributed by atoms with van der Waals surface area (Å²) in [6.45, 7) is 3.18. The van der Waals surface area contributed by atoms with Crippen molar-refractivity contribution in [2.75, 3.05) is 18.5 Å². The number of nitrogens with zero attached hydrogens (tertiary/aromatic N) is 1. The van der Waals surface area contributed by atoms with Crippen molar-refractivity contribution < 1.29 is 28.7 Å². The first kappa shape index (κ1) is 26.7. The molecule has 9 nitrogen and oxygen atoms in total. The number of alkyl halides is 3. The lowest BCUT2D eigenvalue weighted by molar-refractivity contribution is -0.166. The average Bonchev–Trinajstić information content (AvgIpc) is 3.75. The van der Waals surface area contributed by atoms with Gasteiger partial charge in [-0.2, -0.15) is 0 Å². The molecular weight excluding hydrogens is 565 g/mol. The van der Waals surface area contributed by atoms with Crippen LogP contribution in [0.1, 0.15) is 43.5 Å². The third kappa shape index (κ3) is 4.86. The maximum Gasteiger partial charge on any atom is 0.340 e. The largest absolute Gasteiger partial charge is 0.459 e. The summed E-state index contributed by atoms with van der Waals surface area (Å²) in [4.78, 5) is 52.6. The van der Waals surface area contributed by atoms with Crippen molar-refractivity contribution in [2.45, 2.75) is 64.7 Å². The number of para-hydroxylation sites is 1. The van der Waals surface area contributed by atoms with Gasteiger partial charge in [-0.15, -0.1) is 11.8 Å². The van der Waals surface area contributed by atoms with E-state index in [1.165, 1.54) is 16.7 Å². The highest BCUT2D eigenvalue weighted by Crippen LogP contribution is 2.72. The molecule has 2 amide bonds. The van der Waals surface area contributed by atoms with Crippen LogP contribution in [0.25, 0.3) is 0 Å². The van der Waals surface area contributed by atoms with Crippen LogP contribution in [0.3, 0.4) is 0 Å². The summed E-state index contributed by atoms with van der Waals surface area (Å²) in [7, 11) is 0. The molecule has 2 N–H and O–H groups in total. The van der Waals surface area contributed by atoms with Crippen LogP contribution in [0.2, 0.25) is 0 Å². The fourth-order valence-corrected chi connectivity index (χ4v) is 7.15. The van der Waals surface area contributed by atoms with Gasteiger partial charge in [0.1, 0.15) is 24.1 Å². The quantitative estimate of drug-likeness (QED) is 0.256.